The smallest absolute Gasteiger partial charge is 0.410 e. The minimum atomic E-state index is -0.526. The topological polar surface area (TPSA) is 73.2 Å². The van der Waals surface area contributed by atoms with Crippen molar-refractivity contribution in [2.24, 2.45) is 0 Å². The van der Waals surface area contributed by atoms with Crippen LogP contribution >= 0.6 is 0 Å². The van der Waals surface area contributed by atoms with E-state index in [0.29, 0.717) is 38.5 Å². The zero-order valence-corrected chi connectivity index (χ0v) is 18.2. The third kappa shape index (κ3) is 5.44. The van der Waals surface area contributed by atoms with E-state index in [2.05, 4.69) is 4.57 Å². The molecule has 3 rings (SSSR count). The maximum Gasteiger partial charge on any atom is 0.410 e. The number of methoxy groups -OCH3 is 1. The predicted molar refractivity (Wildman–Crippen MR) is 114 cm³/mol. The van der Waals surface area contributed by atoms with Crippen LogP contribution in [0.25, 0.3) is 10.9 Å². The Hall–Kier alpha value is -2.74. The molecule has 164 valence electrons. The Balaban J connectivity index is 1.53. The van der Waals surface area contributed by atoms with E-state index < -0.39 is 5.60 Å². The number of rotatable bonds is 6. The fraction of sp³-hybridized carbons (Fsp3) is 0.545. The number of aromatic nitrogens is 1. The van der Waals surface area contributed by atoms with Crippen molar-refractivity contribution in [3.05, 3.63) is 30.5 Å². The van der Waals surface area contributed by atoms with E-state index in [1.165, 1.54) is 0 Å². The molecule has 2 aromatic rings. The Bertz CT molecular complexity index is 879. The van der Waals surface area contributed by atoms with Gasteiger partial charge in [-0.3, -0.25) is 4.79 Å². The van der Waals surface area contributed by atoms with E-state index in [9.17, 15) is 9.59 Å². The monoisotopic (exact) mass is 417 g/mol. The number of amides is 2. The molecule has 1 fully saturated rings. The molecule has 0 N–H and O–H groups in total. The van der Waals surface area contributed by atoms with E-state index >= 15 is 0 Å². The summed E-state index contributed by atoms with van der Waals surface area (Å²) in [4.78, 5) is 28.1. The summed E-state index contributed by atoms with van der Waals surface area (Å²) in [6.45, 7) is 8.73. The highest BCUT2D eigenvalue weighted by molar-refractivity contribution is 5.87. The average molecular weight is 418 g/mol. The lowest BCUT2D eigenvalue weighted by Crippen LogP contribution is -2.52. The molecule has 1 aliphatic rings. The largest absolute Gasteiger partial charge is 0.483 e. The van der Waals surface area contributed by atoms with Gasteiger partial charge in [0, 0.05) is 51.4 Å². The summed E-state index contributed by atoms with van der Waals surface area (Å²) in [6.07, 6.45) is 1.66. The summed E-state index contributed by atoms with van der Waals surface area (Å²) >= 11 is 0. The molecule has 0 unspecified atom stereocenters. The minimum absolute atomic E-state index is 0.0329. The van der Waals surface area contributed by atoms with E-state index in [0.717, 1.165) is 17.4 Å². The number of hydrogen-bond donors (Lipinski definition) is 0. The standard InChI is InChI=1S/C22H31N3O5/c1-22(2,3)30-21(27)25-12-10-24(11-13-25)20(26)16-29-19-7-5-6-18-17(19)8-9-23(18)14-15-28-4/h5-9H,10-16H2,1-4H3. The first-order valence-electron chi connectivity index (χ1n) is 10.2. The van der Waals surface area contributed by atoms with Gasteiger partial charge in [-0.05, 0) is 39.0 Å². The van der Waals surface area contributed by atoms with Gasteiger partial charge in [-0.2, -0.15) is 0 Å². The molecule has 1 aromatic carbocycles. The van der Waals surface area contributed by atoms with Crippen molar-refractivity contribution >= 4 is 22.9 Å². The van der Waals surface area contributed by atoms with E-state index in [-0.39, 0.29) is 18.6 Å². The first-order chi connectivity index (χ1) is 14.3. The van der Waals surface area contributed by atoms with Crippen molar-refractivity contribution in [1.29, 1.82) is 0 Å². The summed E-state index contributed by atoms with van der Waals surface area (Å²) in [5, 5.41) is 0.969. The highest BCUT2D eigenvalue weighted by Gasteiger charge is 2.27. The van der Waals surface area contributed by atoms with Crippen LogP contribution in [0.4, 0.5) is 4.79 Å². The normalized spacial score (nSPS) is 14.8. The molecule has 8 nitrogen and oxygen atoms in total. The summed E-state index contributed by atoms with van der Waals surface area (Å²) in [6, 6.07) is 7.81. The van der Waals surface area contributed by atoms with Crippen LogP contribution in [0.2, 0.25) is 0 Å². The van der Waals surface area contributed by atoms with Crippen LogP contribution in [-0.2, 0) is 20.8 Å². The Labute approximate surface area is 177 Å². The molecule has 0 atom stereocenters. The number of carbonyl (C=O) groups excluding carboxylic acids is 2. The van der Waals surface area contributed by atoms with Crippen LogP contribution in [0.5, 0.6) is 5.75 Å². The second-order valence-electron chi connectivity index (χ2n) is 8.33. The van der Waals surface area contributed by atoms with Crippen LogP contribution in [0.15, 0.2) is 30.5 Å². The Morgan fingerprint density at radius 1 is 1.03 bits per heavy atom. The highest BCUT2D eigenvalue weighted by atomic mass is 16.6. The van der Waals surface area contributed by atoms with Gasteiger partial charge < -0.3 is 28.6 Å². The molecule has 0 bridgehead atoms. The van der Waals surface area contributed by atoms with Crippen molar-refractivity contribution in [2.75, 3.05) is 46.5 Å². The number of fused-ring (bicyclic) bond motifs is 1. The number of piperazine rings is 1. The van der Waals surface area contributed by atoms with Crippen LogP contribution < -0.4 is 4.74 Å². The molecule has 0 aliphatic carbocycles. The summed E-state index contributed by atoms with van der Waals surface area (Å²) in [5.74, 6) is 0.596. The van der Waals surface area contributed by atoms with Crippen molar-refractivity contribution < 1.29 is 23.8 Å². The van der Waals surface area contributed by atoms with Crippen LogP contribution in [-0.4, -0.2) is 78.5 Å². The van der Waals surface area contributed by atoms with Crippen LogP contribution in [0.1, 0.15) is 20.8 Å². The van der Waals surface area contributed by atoms with Gasteiger partial charge in [0.2, 0.25) is 0 Å². The predicted octanol–water partition coefficient (Wildman–Crippen LogP) is 2.75. The Kier molecular flexibility index (Phi) is 6.87. The number of carbonyl (C=O) groups is 2. The quantitative estimate of drug-likeness (QED) is 0.723. The fourth-order valence-corrected chi connectivity index (χ4v) is 3.40. The van der Waals surface area contributed by atoms with Crippen molar-refractivity contribution in [1.82, 2.24) is 14.4 Å². The molecule has 0 spiro atoms. The molecule has 2 heterocycles. The number of hydrogen-bond acceptors (Lipinski definition) is 5. The van der Waals surface area contributed by atoms with Gasteiger partial charge in [-0.15, -0.1) is 0 Å². The Morgan fingerprint density at radius 3 is 2.40 bits per heavy atom. The van der Waals surface area contributed by atoms with Gasteiger partial charge in [0.25, 0.3) is 5.91 Å². The number of nitrogens with zero attached hydrogens (tertiary/aromatic N) is 3. The molecule has 0 saturated carbocycles. The molecule has 1 aromatic heterocycles. The summed E-state index contributed by atoms with van der Waals surface area (Å²) in [7, 11) is 1.68. The highest BCUT2D eigenvalue weighted by Crippen LogP contribution is 2.26. The van der Waals surface area contributed by atoms with Gasteiger partial charge in [0.1, 0.15) is 11.4 Å². The molecular weight excluding hydrogens is 386 g/mol. The second kappa shape index (κ2) is 9.38. The maximum absolute atomic E-state index is 12.6. The molecule has 1 saturated heterocycles. The van der Waals surface area contributed by atoms with E-state index in [1.807, 2.05) is 51.2 Å². The molecular formula is C22H31N3O5. The van der Waals surface area contributed by atoms with Gasteiger partial charge >= 0.3 is 6.09 Å². The zero-order valence-electron chi connectivity index (χ0n) is 18.2. The molecule has 1 aliphatic heterocycles. The van der Waals surface area contributed by atoms with Crippen molar-refractivity contribution in [3.63, 3.8) is 0 Å². The molecule has 0 radical (unpaired) electrons. The lowest BCUT2D eigenvalue weighted by atomic mass is 10.2. The van der Waals surface area contributed by atoms with Crippen LogP contribution in [0, 0.1) is 0 Å². The summed E-state index contributed by atoms with van der Waals surface area (Å²) < 4.78 is 18.5. The summed E-state index contributed by atoms with van der Waals surface area (Å²) in [5.41, 5.74) is 0.518. The molecule has 30 heavy (non-hydrogen) atoms. The Morgan fingerprint density at radius 2 is 1.73 bits per heavy atom. The maximum atomic E-state index is 12.6. The van der Waals surface area contributed by atoms with Crippen molar-refractivity contribution in [2.45, 2.75) is 32.9 Å². The van der Waals surface area contributed by atoms with Crippen molar-refractivity contribution in [3.8, 4) is 5.75 Å². The molecule has 8 heteroatoms. The first-order valence-corrected chi connectivity index (χ1v) is 10.2. The second-order valence-corrected chi connectivity index (χ2v) is 8.33. The van der Waals surface area contributed by atoms with E-state index in [1.54, 1.807) is 16.9 Å². The van der Waals surface area contributed by atoms with Gasteiger partial charge in [-0.25, -0.2) is 4.79 Å². The van der Waals surface area contributed by atoms with Crippen LogP contribution in [0.3, 0.4) is 0 Å². The SMILES string of the molecule is COCCn1ccc2c(OCC(=O)N3CCN(C(=O)OC(C)(C)C)CC3)cccc21. The van der Waals surface area contributed by atoms with Gasteiger partial charge in [-0.1, -0.05) is 6.07 Å². The molecule has 2 amide bonds. The van der Waals surface area contributed by atoms with E-state index in [4.69, 9.17) is 14.2 Å². The zero-order chi connectivity index (χ0) is 21.7. The van der Waals surface area contributed by atoms with Gasteiger partial charge in [0.05, 0.1) is 12.1 Å². The minimum Gasteiger partial charge on any atom is -0.483 e. The lowest BCUT2D eigenvalue weighted by Gasteiger charge is -2.35. The number of benzene rings is 1. The number of ether oxygens (including phenoxy) is 3. The third-order valence-corrected chi connectivity index (χ3v) is 4.95. The van der Waals surface area contributed by atoms with Gasteiger partial charge in [0.15, 0.2) is 6.61 Å². The lowest BCUT2D eigenvalue weighted by molar-refractivity contribution is -0.135. The fourth-order valence-electron chi connectivity index (χ4n) is 3.40. The first kappa shape index (κ1) is 22.0. The average Bonchev–Trinajstić information content (AvgIpc) is 3.13. The third-order valence-electron chi connectivity index (χ3n) is 4.95.